The van der Waals surface area contributed by atoms with Crippen molar-refractivity contribution in [1.82, 2.24) is 10.3 Å². The minimum Gasteiger partial charge on any atom is -0.324 e. The SMILES string of the molecule is Cc1ccncc1NC(=O)[C@@H]1CNC[C@H]1C. The normalized spacial score (nSPS) is 24.4. The van der Waals surface area contributed by atoms with Gasteiger partial charge < -0.3 is 10.6 Å². The predicted octanol–water partition coefficient (Wildman–Crippen LogP) is 1.18. The molecule has 0 spiro atoms. The molecule has 86 valence electrons. The molecule has 1 saturated heterocycles. The Morgan fingerprint density at radius 3 is 3.00 bits per heavy atom. The van der Waals surface area contributed by atoms with E-state index in [1.54, 1.807) is 12.4 Å². The van der Waals surface area contributed by atoms with E-state index in [4.69, 9.17) is 0 Å². The van der Waals surface area contributed by atoms with Crippen molar-refractivity contribution in [2.45, 2.75) is 13.8 Å². The van der Waals surface area contributed by atoms with Crippen molar-refractivity contribution >= 4 is 11.6 Å². The van der Waals surface area contributed by atoms with Crippen LogP contribution >= 0.6 is 0 Å². The molecule has 2 N–H and O–H groups in total. The summed E-state index contributed by atoms with van der Waals surface area (Å²) in [5, 5.41) is 6.17. The van der Waals surface area contributed by atoms with Gasteiger partial charge in [-0.2, -0.15) is 0 Å². The number of nitrogens with one attached hydrogen (secondary N) is 2. The summed E-state index contributed by atoms with van der Waals surface area (Å²) in [6, 6.07) is 1.89. The monoisotopic (exact) mass is 219 g/mol. The molecule has 0 aromatic carbocycles. The van der Waals surface area contributed by atoms with Crippen LogP contribution in [0.5, 0.6) is 0 Å². The molecule has 0 unspecified atom stereocenters. The van der Waals surface area contributed by atoms with Gasteiger partial charge in [0.15, 0.2) is 0 Å². The Balaban J connectivity index is 2.05. The Kier molecular flexibility index (Phi) is 3.19. The molecular weight excluding hydrogens is 202 g/mol. The van der Waals surface area contributed by atoms with E-state index in [0.29, 0.717) is 5.92 Å². The van der Waals surface area contributed by atoms with Crippen molar-refractivity contribution in [3.05, 3.63) is 24.0 Å². The van der Waals surface area contributed by atoms with Gasteiger partial charge in [-0.25, -0.2) is 0 Å². The van der Waals surface area contributed by atoms with Crippen LogP contribution in [0.2, 0.25) is 0 Å². The Morgan fingerprint density at radius 1 is 1.56 bits per heavy atom. The molecule has 0 radical (unpaired) electrons. The van der Waals surface area contributed by atoms with Crippen LogP contribution < -0.4 is 10.6 Å². The fourth-order valence-corrected chi connectivity index (χ4v) is 1.98. The summed E-state index contributed by atoms with van der Waals surface area (Å²) < 4.78 is 0. The maximum atomic E-state index is 12.0. The summed E-state index contributed by atoms with van der Waals surface area (Å²) in [5.74, 6) is 0.560. The fraction of sp³-hybridized carbons (Fsp3) is 0.500. The van der Waals surface area contributed by atoms with E-state index < -0.39 is 0 Å². The summed E-state index contributed by atoms with van der Waals surface area (Å²) in [4.78, 5) is 16.0. The Hall–Kier alpha value is -1.42. The minimum atomic E-state index is 0.0691. The molecule has 1 amide bonds. The number of amides is 1. The molecule has 2 heterocycles. The number of rotatable bonds is 2. The van der Waals surface area contributed by atoms with Crippen molar-refractivity contribution in [3.63, 3.8) is 0 Å². The second-order valence-corrected chi connectivity index (χ2v) is 4.42. The van der Waals surface area contributed by atoms with Gasteiger partial charge in [-0.1, -0.05) is 6.92 Å². The molecule has 1 aromatic rings. The maximum Gasteiger partial charge on any atom is 0.229 e. The summed E-state index contributed by atoms with van der Waals surface area (Å²) in [7, 11) is 0. The highest BCUT2D eigenvalue weighted by molar-refractivity contribution is 5.93. The standard InChI is InChI=1S/C12H17N3O/c1-8-3-4-13-7-11(8)15-12(16)10-6-14-5-9(10)2/h3-4,7,9-10,14H,5-6H2,1-2H3,(H,15,16)/t9-,10-/m1/s1. The first kappa shape index (κ1) is 11.1. The largest absolute Gasteiger partial charge is 0.324 e. The summed E-state index contributed by atoms with van der Waals surface area (Å²) >= 11 is 0. The topological polar surface area (TPSA) is 54.0 Å². The number of pyridine rings is 1. The summed E-state index contributed by atoms with van der Waals surface area (Å²) in [6.07, 6.45) is 3.42. The summed E-state index contributed by atoms with van der Waals surface area (Å²) in [6.45, 7) is 5.75. The van der Waals surface area contributed by atoms with E-state index in [2.05, 4.69) is 22.5 Å². The third-order valence-corrected chi connectivity index (χ3v) is 3.15. The minimum absolute atomic E-state index is 0.0691. The molecule has 1 aliphatic heterocycles. The molecule has 0 aliphatic carbocycles. The highest BCUT2D eigenvalue weighted by Crippen LogP contribution is 2.19. The number of nitrogens with zero attached hydrogens (tertiary/aromatic N) is 1. The van der Waals surface area contributed by atoms with Crippen LogP contribution in [0, 0.1) is 18.8 Å². The van der Waals surface area contributed by atoms with E-state index in [1.807, 2.05) is 13.0 Å². The first-order valence-corrected chi connectivity index (χ1v) is 5.60. The number of hydrogen-bond donors (Lipinski definition) is 2. The van der Waals surface area contributed by atoms with Crippen LogP contribution in [0.4, 0.5) is 5.69 Å². The molecule has 2 atom stereocenters. The van der Waals surface area contributed by atoms with E-state index in [9.17, 15) is 4.79 Å². The van der Waals surface area contributed by atoms with Gasteiger partial charge in [-0.05, 0) is 31.0 Å². The van der Waals surface area contributed by atoms with E-state index >= 15 is 0 Å². The smallest absolute Gasteiger partial charge is 0.229 e. The van der Waals surface area contributed by atoms with Gasteiger partial charge in [-0.15, -0.1) is 0 Å². The van der Waals surface area contributed by atoms with Gasteiger partial charge in [0.25, 0.3) is 0 Å². The quantitative estimate of drug-likeness (QED) is 0.785. The number of aromatic nitrogens is 1. The zero-order valence-corrected chi connectivity index (χ0v) is 9.66. The second-order valence-electron chi connectivity index (χ2n) is 4.42. The molecule has 1 fully saturated rings. The van der Waals surface area contributed by atoms with Crippen molar-refractivity contribution in [3.8, 4) is 0 Å². The van der Waals surface area contributed by atoms with Crippen LogP contribution in [0.1, 0.15) is 12.5 Å². The van der Waals surface area contributed by atoms with Crippen LogP contribution in [0.3, 0.4) is 0 Å². The number of anilines is 1. The molecular formula is C12H17N3O. The fourth-order valence-electron chi connectivity index (χ4n) is 1.98. The lowest BCUT2D eigenvalue weighted by Crippen LogP contribution is -2.28. The third kappa shape index (κ3) is 2.22. The lowest BCUT2D eigenvalue weighted by atomic mass is 9.97. The third-order valence-electron chi connectivity index (χ3n) is 3.15. The molecule has 0 saturated carbocycles. The Bertz CT molecular complexity index is 392. The lowest BCUT2D eigenvalue weighted by Gasteiger charge is -2.14. The van der Waals surface area contributed by atoms with Gasteiger partial charge in [0.1, 0.15) is 0 Å². The van der Waals surface area contributed by atoms with E-state index in [0.717, 1.165) is 24.3 Å². The van der Waals surface area contributed by atoms with E-state index in [1.165, 1.54) is 0 Å². The molecule has 1 aliphatic rings. The first-order chi connectivity index (χ1) is 7.68. The average Bonchev–Trinajstić information content (AvgIpc) is 2.68. The van der Waals surface area contributed by atoms with Gasteiger partial charge >= 0.3 is 0 Å². The van der Waals surface area contributed by atoms with Crippen LogP contribution in [0.25, 0.3) is 0 Å². The van der Waals surface area contributed by atoms with Crippen molar-refractivity contribution in [2.24, 2.45) is 11.8 Å². The van der Waals surface area contributed by atoms with Gasteiger partial charge in [-0.3, -0.25) is 9.78 Å². The number of carbonyl (C=O) groups is 1. The number of hydrogen-bond acceptors (Lipinski definition) is 3. The highest BCUT2D eigenvalue weighted by Gasteiger charge is 2.29. The van der Waals surface area contributed by atoms with Crippen LogP contribution in [-0.2, 0) is 4.79 Å². The average molecular weight is 219 g/mol. The zero-order valence-electron chi connectivity index (χ0n) is 9.66. The first-order valence-electron chi connectivity index (χ1n) is 5.60. The molecule has 2 rings (SSSR count). The van der Waals surface area contributed by atoms with E-state index in [-0.39, 0.29) is 11.8 Å². The van der Waals surface area contributed by atoms with Gasteiger partial charge in [0.05, 0.1) is 17.8 Å². The predicted molar refractivity (Wildman–Crippen MR) is 63.1 cm³/mol. The summed E-state index contributed by atoms with van der Waals surface area (Å²) in [5.41, 5.74) is 1.86. The van der Waals surface area contributed by atoms with Crippen molar-refractivity contribution in [2.75, 3.05) is 18.4 Å². The molecule has 0 bridgehead atoms. The molecule has 4 nitrogen and oxygen atoms in total. The van der Waals surface area contributed by atoms with Crippen LogP contribution in [0.15, 0.2) is 18.5 Å². The van der Waals surface area contributed by atoms with Gasteiger partial charge in [0, 0.05) is 12.7 Å². The number of aryl methyl sites for hydroxylation is 1. The Morgan fingerprint density at radius 2 is 2.38 bits per heavy atom. The van der Waals surface area contributed by atoms with Crippen molar-refractivity contribution in [1.29, 1.82) is 0 Å². The number of carbonyl (C=O) groups excluding carboxylic acids is 1. The van der Waals surface area contributed by atoms with Gasteiger partial charge in [0.2, 0.25) is 5.91 Å². The second kappa shape index (κ2) is 4.61. The van der Waals surface area contributed by atoms with Crippen LogP contribution in [-0.4, -0.2) is 24.0 Å². The molecule has 4 heteroatoms. The lowest BCUT2D eigenvalue weighted by molar-refractivity contribution is -0.120. The highest BCUT2D eigenvalue weighted by atomic mass is 16.1. The molecule has 1 aromatic heterocycles. The Labute approximate surface area is 95.5 Å². The zero-order chi connectivity index (χ0) is 11.5. The molecule has 16 heavy (non-hydrogen) atoms. The van der Waals surface area contributed by atoms with Crippen molar-refractivity contribution < 1.29 is 4.79 Å². The maximum absolute atomic E-state index is 12.0.